The van der Waals surface area contributed by atoms with Gasteiger partial charge in [-0.2, -0.15) is 5.10 Å². The number of ketones is 1. The molecule has 6 nitrogen and oxygen atoms in total. The van der Waals surface area contributed by atoms with Crippen molar-refractivity contribution in [3.05, 3.63) is 92.4 Å². The molecule has 0 saturated carbocycles. The quantitative estimate of drug-likeness (QED) is 0.378. The minimum Gasteiger partial charge on any atom is -0.497 e. The number of carbonyl (C=O) groups is 2. The number of hydrogen-bond donors (Lipinski definition) is 0. The lowest BCUT2D eigenvalue weighted by molar-refractivity contribution is -0.114. The fraction of sp³-hybridized carbons (Fsp3) is 0.160. The molecule has 8 heteroatoms. The summed E-state index contributed by atoms with van der Waals surface area (Å²) in [5.74, 6) is -0.251. The van der Waals surface area contributed by atoms with E-state index < -0.39 is 11.7 Å². The Morgan fingerprint density at radius 3 is 2.36 bits per heavy atom. The molecule has 0 bridgehead atoms. The smallest absolute Gasteiger partial charge is 0.301 e. The van der Waals surface area contributed by atoms with Crippen LogP contribution in [0.3, 0.4) is 0 Å². The van der Waals surface area contributed by atoms with E-state index in [1.807, 2.05) is 47.5 Å². The van der Waals surface area contributed by atoms with Gasteiger partial charge in [0, 0.05) is 15.4 Å². The molecule has 33 heavy (non-hydrogen) atoms. The van der Waals surface area contributed by atoms with Gasteiger partial charge in [0.25, 0.3) is 5.78 Å². The summed E-state index contributed by atoms with van der Waals surface area (Å²) in [6.45, 7) is 0.180. The van der Waals surface area contributed by atoms with Crippen molar-refractivity contribution in [1.82, 2.24) is 5.01 Å². The third-order valence-electron chi connectivity index (χ3n) is 5.89. The predicted molar refractivity (Wildman–Crippen MR) is 134 cm³/mol. The van der Waals surface area contributed by atoms with E-state index in [2.05, 4.69) is 44.0 Å². The lowest BCUT2D eigenvalue weighted by atomic mass is 9.98. The molecule has 1 amide bonds. The number of hydrogen-bond acceptors (Lipinski definition) is 5. The summed E-state index contributed by atoms with van der Waals surface area (Å²) in [5.41, 5.74) is 4.01. The Balaban J connectivity index is 1.50. The number of Topliss-reactive ketones (excluding diaryl/α,β-unsaturated/α-hetero) is 1. The van der Waals surface area contributed by atoms with Crippen LogP contribution in [-0.4, -0.2) is 36.2 Å². The molecule has 0 saturated heterocycles. The number of rotatable bonds is 5. The minimum absolute atomic E-state index is 0.0717. The van der Waals surface area contributed by atoms with Gasteiger partial charge in [-0.15, -0.1) is 0 Å². The first kappa shape index (κ1) is 21.9. The Hall–Kier alpha value is -2.97. The number of halogens is 2. The van der Waals surface area contributed by atoms with Crippen molar-refractivity contribution in [3.8, 4) is 5.75 Å². The van der Waals surface area contributed by atoms with Crippen LogP contribution in [0.2, 0.25) is 0 Å². The fourth-order valence-electron chi connectivity index (χ4n) is 4.18. The van der Waals surface area contributed by atoms with Crippen molar-refractivity contribution >= 4 is 54.9 Å². The maximum absolute atomic E-state index is 12.8. The number of nitrogens with zero attached hydrogens (tertiary/aromatic N) is 3. The van der Waals surface area contributed by atoms with Crippen molar-refractivity contribution in [2.75, 3.05) is 18.7 Å². The molecule has 0 fully saturated rings. The molecule has 0 spiro atoms. The Kier molecular flexibility index (Phi) is 5.80. The lowest BCUT2D eigenvalue weighted by Crippen LogP contribution is -2.39. The number of methoxy groups -OCH3 is 1. The maximum Gasteiger partial charge on any atom is 0.301 e. The topological polar surface area (TPSA) is 62.2 Å². The number of amides is 1. The highest BCUT2D eigenvalue weighted by Gasteiger charge is 2.39. The number of fused-ring (bicyclic) bond motifs is 1. The third-order valence-corrected chi connectivity index (χ3v) is 6.92. The Bertz CT molecular complexity index is 1270. The molecule has 0 aliphatic carbocycles. The number of carbonyl (C=O) groups excluding carboxylic acids is 2. The van der Waals surface area contributed by atoms with E-state index in [-0.39, 0.29) is 12.7 Å². The second-order valence-electron chi connectivity index (χ2n) is 7.85. The van der Waals surface area contributed by atoms with Gasteiger partial charge in [0.2, 0.25) is 0 Å². The van der Waals surface area contributed by atoms with Crippen LogP contribution < -0.4 is 9.64 Å². The summed E-state index contributed by atoms with van der Waals surface area (Å²) in [7, 11) is 1.64. The highest BCUT2D eigenvalue weighted by molar-refractivity contribution is 9.10. The minimum atomic E-state index is -0.536. The molecule has 2 aliphatic heterocycles. The average molecular weight is 569 g/mol. The van der Waals surface area contributed by atoms with Gasteiger partial charge in [0.1, 0.15) is 12.4 Å². The van der Waals surface area contributed by atoms with Gasteiger partial charge in [-0.25, -0.2) is 0 Å². The Morgan fingerprint density at radius 1 is 0.970 bits per heavy atom. The molecule has 3 aromatic carbocycles. The molecular weight excluding hydrogens is 550 g/mol. The highest BCUT2D eigenvalue weighted by Crippen LogP contribution is 2.37. The average Bonchev–Trinajstić information content (AvgIpc) is 3.35. The molecule has 0 unspecified atom stereocenters. The van der Waals surface area contributed by atoms with Crippen molar-refractivity contribution in [1.29, 1.82) is 0 Å². The normalized spacial score (nSPS) is 17.4. The SMILES string of the molecule is COc1ccc(C2=NN(CN3C(=O)C(=O)c4cc(Br)ccc43)[C@@H](c3ccc(Br)cc3)C2)cc1. The summed E-state index contributed by atoms with van der Waals surface area (Å²) < 4.78 is 7.03. The van der Waals surface area contributed by atoms with Gasteiger partial charge in [0.15, 0.2) is 0 Å². The number of ether oxygens (including phenoxy) is 1. The van der Waals surface area contributed by atoms with Crippen LogP contribution in [0.25, 0.3) is 0 Å². The van der Waals surface area contributed by atoms with E-state index in [1.165, 1.54) is 4.90 Å². The fourth-order valence-corrected chi connectivity index (χ4v) is 4.80. The lowest BCUT2D eigenvalue weighted by Gasteiger charge is -2.28. The summed E-state index contributed by atoms with van der Waals surface area (Å²) >= 11 is 6.88. The first-order valence-corrected chi connectivity index (χ1v) is 11.9. The van der Waals surface area contributed by atoms with Gasteiger partial charge in [0.05, 0.1) is 30.1 Å². The van der Waals surface area contributed by atoms with Crippen LogP contribution in [-0.2, 0) is 4.79 Å². The highest BCUT2D eigenvalue weighted by atomic mass is 79.9. The van der Waals surface area contributed by atoms with E-state index in [0.717, 1.165) is 31.5 Å². The summed E-state index contributed by atoms with van der Waals surface area (Å²) in [5, 5.41) is 6.78. The third kappa shape index (κ3) is 4.09. The first-order chi connectivity index (χ1) is 15.9. The monoisotopic (exact) mass is 567 g/mol. The molecule has 5 rings (SSSR count). The van der Waals surface area contributed by atoms with Gasteiger partial charge < -0.3 is 4.74 Å². The van der Waals surface area contributed by atoms with Crippen LogP contribution in [0.5, 0.6) is 5.75 Å². The largest absolute Gasteiger partial charge is 0.497 e. The molecule has 0 radical (unpaired) electrons. The molecule has 1 atom stereocenters. The van der Waals surface area contributed by atoms with E-state index in [0.29, 0.717) is 17.7 Å². The van der Waals surface area contributed by atoms with Crippen LogP contribution in [0.1, 0.15) is 33.9 Å². The molecule has 2 aliphatic rings. The van der Waals surface area contributed by atoms with E-state index in [1.54, 1.807) is 19.2 Å². The molecule has 3 aromatic rings. The zero-order valence-electron chi connectivity index (χ0n) is 17.7. The van der Waals surface area contributed by atoms with Crippen LogP contribution in [0.15, 0.2) is 80.8 Å². The molecule has 0 N–H and O–H groups in total. The second-order valence-corrected chi connectivity index (χ2v) is 9.68. The first-order valence-electron chi connectivity index (χ1n) is 10.3. The standard InChI is InChI=1S/C25H19Br2N3O3/c1-33-19-9-4-15(5-10-19)21-13-23(16-2-6-17(26)7-3-16)30(28-21)14-29-22-11-8-18(27)12-20(22)24(31)25(29)32/h2-12,23H,13-14H2,1H3/t23-/m1/s1. The summed E-state index contributed by atoms with van der Waals surface area (Å²) in [4.78, 5) is 26.9. The van der Waals surface area contributed by atoms with Crippen molar-refractivity contribution in [2.45, 2.75) is 12.5 Å². The van der Waals surface area contributed by atoms with Gasteiger partial charge in [-0.1, -0.05) is 44.0 Å². The maximum atomic E-state index is 12.8. The zero-order valence-corrected chi connectivity index (χ0v) is 20.8. The van der Waals surface area contributed by atoms with Crippen molar-refractivity contribution in [3.63, 3.8) is 0 Å². The Morgan fingerprint density at radius 2 is 1.67 bits per heavy atom. The van der Waals surface area contributed by atoms with Crippen molar-refractivity contribution in [2.24, 2.45) is 5.10 Å². The van der Waals surface area contributed by atoms with Crippen LogP contribution in [0.4, 0.5) is 5.69 Å². The predicted octanol–water partition coefficient (Wildman–Crippen LogP) is 5.56. The molecule has 0 aromatic heterocycles. The van der Waals surface area contributed by atoms with Gasteiger partial charge >= 0.3 is 5.91 Å². The van der Waals surface area contributed by atoms with E-state index in [9.17, 15) is 9.59 Å². The van der Waals surface area contributed by atoms with Crippen LogP contribution >= 0.6 is 31.9 Å². The summed E-state index contributed by atoms with van der Waals surface area (Å²) in [6.07, 6.45) is 0.678. The van der Waals surface area contributed by atoms with Crippen LogP contribution in [0, 0.1) is 0 Å². The second kappa shape index (κ2) is 8.76. The number of benzene rings is 3. The van der Waals surface area contributed by atoms with Crippen molar-refractivity contribution < 1.29 is 14.3 Å². The number of anilines is 1. The van der Waals surface area contributed by atoms with Gasteiger partial charge in [-0.3, -0.25) is 19.5 Å². The molecule has 2 heterocycles. The Labute approximate surface area is 208 Å². The molecule has 166 valence electrons. The zero-order chi connectivity index (χ0) is 23.1. The van der Waals surface area contributed by atoms with E-state index >= 15 is 0 Å². The van der Waals surface area contributed by atoms with E-state index in [4.69, 9.17) is 9.84 Å². The summed E-state index contributed by atoms with van der Waals surface area (Å²) in [6, 6.07) is 21.1. The van der Waals surface area contributed by atoms with Gasteiger partial charge in [-0.05, 0) is 65.7 Å². The number of hydrazone groups is 1. The molecular formula is C25H19Br2N3O3.